The molecule has 154 valence electrons. The molecule has 2 rings (SSSR count). The standard InChI is InChI=1S/C15H19N3O3.C2HF3O2/c1-11(2)20-8-4-7-17-15(19)13-9-14(21-18-13)12-5-3-6-16-10-12;3-2(4,5)1(6)7/h3,5-6,9-11H,4,7-8H2,1-2H3,(H,17,19);(H,6,7). The number of halogens is 3. The fourth-order valence-electron chi connectivity index (χ4n) is 1.71. The second kappa shape index (κ2) is 11.0. The van der Waals surface area contributed by atoms with E-state index in [0.29, 0.717) is 18.9 Å². The number of pyridine rings is 1. The normalized spacial score (nSPS) is 10.9. The molecule has 28 heavy (non-hydrogen) atoms. The second-order valence-electron chi connectivity index (χ2n) is 5.65. The Hall–Kier alpha value is -2.95. The Labute approximate surface area is 158 Å². The molecule has 0 aromatic carbocycles. The Kier molecular flexibility index (Phi) is 9.09. The smallest absolute Gasteiger partial charge is 0.475 e. The molecule has 2 heterocycles. The molecular weight excluding hydrogens is 383 g/mol. The van der Waals surface area contributed by atoms with Crippen LogP contribution in [0.2, 0.25) is 0 Å². The molecule has 11 heteroatoms. The van der Waals surface area contributed by atoms with Gasteiger partial charge in [-0.05, 0) is 32.4 Å². The fourth-order valence-corrected chi connectivity index (χ4v) is 1.71. The number of carbonyl (C=O) groups is 2. The molecule has 0 spiro atoms. The van der Waals surface area contributed by atoms with Crippen molar-refractivity contribution in [2.24, 2.45) is 0 Å². The Morgan fingerprint density at radius 1 is 1.36 bits per heavy atom. The van der Waals surface area contributed by atoms with Gasteiger partial charge in [0.2, 0.25) is 0 Å². The predicted octanol–water partition coefficient (Wildman–Crippen LogP) is 2.91. The number of hydrogen-bond acceptors (Lipinski definition) is 6. The van der Waals surface area contributed by atoms with E-state index in [1.54, 1.807) is 24.5 Å². The highest BCUT2D eigenvalue weighted by Crippen LogP contribution is 2.18. The summed E-state index contributed by atoms with van der Waals surface area (Å²) in [6.45, 7) is 5.13. The third kappa shape index (κ3) is 8.62. The number of nitrogens with one attached hydrogen (secondary N) is 1. The van der Waals surface area contributed by atoms with Crippen LogP contribution in [0.5, 0.6) is 0 Å². The zero-order valence-corrected chi connectivity index (χ0v) is 15.2. The van der Waals surface area contributed by atoms with Crippen molar-refractivity contribution >= 4 is 11.9 Å². The maximum Gasteiger partial charge on any atom is 0.490 e. The van der Waals surface area contributed by atoms with E-state index in [4.69, 9.17) is 19.2 Å². The molecule has 0 unspecified atom stereocenters. The highest BCUT2D eigenvalue weighted by atomic mass is 19.4. The summed E-state index contributed by atoms with van der Waals surface area (Å²) in [6.07, 6.45) is -0.784. The van der Waals surface area contributed by atoms with E-state index in [1.807, 2.05) is 19.9 Å². The van der Waals surface area contributed by atoms with Crippen LogP contribution in [0.1, 0.15) is 30.8 Å². The summed E-state index contributed by atoms with van der Waals surface area (Å²) >= 11 is 0. The van der Waals surface area contributed by atoms with E-state index in [-0.39, 0.29) is 17.7 Å². The van der Waals surface area contributed by atoms with Crippen molar-refractivity contribution in [2.45, 2.75) is 32.5 Å². The van der Waals surface area contributed by atoms with Gasteiger partial charge in [-0.25, -0.2) is 4.79 Å². The van der Waals surface area contributed by atoms with Crippen molar-refractivity contribution in [1.29, 1.82) is 0 Å². The molecule has 0 aliphatic rings. The maximum atomic E-state index is 11.9. The number of ether oxygens (including phenoxy) is 1. The van der Waals surface area contributed by atoms with Crippen LogP contribution >= 0.6 is 0 Å². The van der Waals surface area contributed by atoms with E-state index in [2.05, 4.69) is 15.5 Å². The zero-order valence-electron chi connectivity index (χ0n) is 15.2. The Morgan fingerprint density at radius 3 is 2.57 bits per heavy atom. The summed E-state index contributed by atoms with van der Waals surface area (Å²) in [4.78, 5) is 24.8. The molecule has 0 saturated carbocycles. The lowest BCUT2D eigenvalue weighted by Gasteiger charge is -2.07. The van der Waals surface area contributed by atoms with Crippen LogP contribution in [0.25, 0.3) is 11.3 Å². The fraction of sp³-hybridized carbons (Fsp3) is 0.412. The van der Waals surface area contributed by atoms with Gasteiger partial charge in [0.1, 0.15) is 0 Å². The minimum Gasteiger partial charge on any atom is -0.475 e. The second-order valence-corrected chi connectivity index (χ2v) is 5.65. The summed E-state index contributed by atoms with van der Waals surface area (Å²) < 4.78 is 42.3. The summed E-state index contributed by atoms with van der Waals surface area (Å²) in [5.41, 5.74) is 1.05. The van der Waals surface area contributed by atoms with Crippen LogP contribution in [0, 0.1) is 0 Å². The number of amides is 1. The van der Waals surface area contributed by atoms with Crippen molar-refractivity contribution in [2.75, 3.05) is 13.2 Å². The van der Waals surface area contributed by atoms with Gasteiger partial charge in [0.05, 0.1) is 6.10 Å². The molecule has 2 N–H and O–H groups in total. The monoisotopic (exact) mass is 403 g/mol. The number of nitrogens with zero attached hydrogens (tertiary/aromatic N) is 2. The van der Waals surface area contributed by atoms with Gasteiger partial charge in [0, 0.05) is 37.2 Å². The maximum absolute atomic E-state index is 11.9. The quantitative estimate of drug-likeness (QED) is 0.683. The summed E-state index contributed by atoms with van der Waals surface area (Å²) in [5, 5.41) is 13.7. The first-order chi connectivity index (χ1) is 13.1. The number of hydrogen-bond donors (Lipinski definition) is 2. The molecule has 0 aliphatic heterocycles. The van der Waals surface area contributed by atoms with Crippen LogP contribution in [0.15, 0.2) is 35.1 Å². The van der Waals surface area contributed by atoms with E-state index in [1.165, 1.54) is 0 Å². The Morgan fingerprint density at radius 2 is 2.04 bits per heavy atom. The molecule has 2 aromatic rings. The molecule has 1 amide bonds. The van der Waals surface area contributed by atoms with Crippen LogP contribution in [0.3, 0.4) is 0 Å². The molecule has 0 radical (unpaired) electrons. The number of carboxylic acid groups (broad SMARTS) is 1. The summed E-state index contributed by atoms with van der Waals surface area (Å²) in [5.74, 6) is -2.48. The van der Waals surface area contributed by atoms with E-state index >= 15 is 0 Å². The Bertz CT molecular complexity index is 748. The van der Waals surface area contributed by atoms with Gasteiger partial charge in [-0.15, -0.1) is 0 Å². The first-order valence-corrected chi connectivity index (χ1v) is 8.18. The van der Waals surface area contributed by atoms with Crippen molar-refractivity contribution < 1.29 is 37.1 Å². The van der Waals surface area contributed by atoms with Crippen LogP contribution in [-0.4, -0.2) is 52.6 Å². The van der Waals surface area contributed by atoms with Gasteiger partial charge < -0.3 is 19.7 Å². The van der Waals surface area contributed by atoms with Crippen molar-refractivity contribution in [3.05, 3.63) is 36.3 Å². The van der Waals surface area contributed by atoms with E-state index in [9.17, 15) is 18.0 Å². The van der Waals surface area contributed by atoms with Crippen LogP contribution < -0.4 is 5.32 Å². The van der Waals surface area contributed by atoms with Gasteiger partial charge in [-0.2, -0.15) is 13.2 Å². The van der Waals surface area contributed by atoms with Gasteiger partial charge in [-0.3, -0.25) is 9.78 Å². The Balaban J connectivity index is 0.000000480. The zero-order chi connectivity index (χ0) is 21.2. The first kappa shape index (κ1) is 23.1. The number of alkyl halides is 3. The molecular formula is C17H20F3N3O5. The SMILES string of the molecule is CC(C)OCCCNC(=O)c1cc(-c2cccnc2)on1.O=C(O)C(F)(F)F. The van der Waals surface area contributed by atoms with E-state index < -0.39 is 12.1 Å². The van der Waals surface area contributed by atoms with Gasteiger partial charge in [-0.1, -0.05) is 5.16 Å². The number of rotatable bonds is 7. The average molecular weight is 403 g/mol. The number of carbonyl (C=O) groups excluding carboxylic acids is 1. The molecule has 0 bridgehead atoms. The highest BCUT2D eigenvalue weighted by molar-refractivity contribution is 5.93. The molecule has 0 aliphatic carbocycles. The lowest BCUT2D eigenvalue weighted by molar-refractivity contribution is -0.192. The van der Waals surface area contributed by atoms with Gasteiger partial charge in [0.15, 0.2) is 11.5 Å². The molecule has 0 fully saturated rings. The van der Waals surface area contributed by atoms with Crippen LogP contribution in [0.4, 0.5) is 13.2 Å². The van der Waals surface area contributed by atoms with Crippen LogP contribution in [-0.2, 0) is 9.53 Å². The average Bonchev–Trinajstić information content (AvgIpc) is 3.12. The van der Waals surface area contributed by atoms with E-state index in [0.717, 1.165) is 12.0 Å². The van der Waals surface area contributed by atoms with Gasteiger partial charge in [0.25, 0.3) is 5.91 Å². The lowest BCUT2D eigenvalue weighted by atomic mass is 10.2. The molecule has 0 saturated heterocycles. The molecule has 2 aromatic heterocycles. The number of aromatic nitrogens is 2. The molecule has 8 nitrogen and oxygen atoms in total. The number of aliphatic carboxylic acids is 1. The summed E-state index contributed by atoms with van der Waals surface area (Å²) in [6, 6.07) is 5.25. The topological polar surface area (TPSA) is 115 Å². The van der Waals surface area contributed by atoms with Gasteiger partial charge >= 0.3 is 12.1 Å². The third-order valence-corrected chi connectivity index (χ3v) is 2.99. The minimum atomic E-state index is -5.08. The largest absolute Gasteiger partial charge is 0.490 e. The van der Waals surface area contributed by atoms with Crippen molar-refractivity contribution in [3.63, 3.8) is 0 Å². The number of carboxylic acids is 1. The minimum absolute atomic E-state index is 0.207. The third-order valence-electron chi connectivity index (χ3n) is 2.99. The predicted molar refractivity (Wildman–Crippen MR) is 91.5 cm³/mol. The summed E-state index contributed by atoms with van der Waals surface area (Å²) in [7, 11) is 0. The van der Waals surface area contributed by atoms with Crippen molar-refractivity contribution in [3.8, 4) is 11.3 Å². The molecule has 0 atom stereocenters. The highest BCUT2D eigenvalue weighted by Gasteiger charge is 2.38. The van der Waals surface area contributed by atoms with Crippen molar-refractivity contribution in [1.82, 2.24) is 15.5 Å². The first-order valence-electron chi connectivity index (χ1n) is 8.18. The lowest BCUT2D eigenvalue weighted by Crippen LogP contribution is -2.25.